The van der Waals surface area contributed by atoms with Crippen LogP contribution < -0.4 is 22.1 Å². The molecule has 0 saturated heterocycles. The number of pyridine rings is 2. The summed E-state index contributed by atoms with van der Waals surface area (Å²) in [6.45, 7) is 0. The van der Waals surface area contributed by atoms with Crippen molar-refractivity contribution in [3.05, 3.63) is 41.5 Å². The zero-order chi connectivity index (χ0) is 21.8. The molecule has 9 nitrogen and oxygen atoms in total. The molecule has 30 heavy (non-hydrogen) atoms. The number of nitrogens with one attached hydrogen (secondary N) is 2. The Balaban J connectivity index is 1.92. The quantitative estimate of drug-likeness (QED) is 0.564. The van der Waals surface area contributed by atoms with Gasteiger partial charge < -0.3 is 27.0 Å². The van der Waals surface area contributed by atoms with Gasteiger partial charge in [0.2, 0.25) is 0 Å². The summed E-state index contributed by atoms with van der Waals surface area (Å²) in [6, 6.07) is 2.38. The zero-order valence-electron chi connectivity index (χ0n) is 17.0. The van der Waals surface area contributed by atoms with Gasteiger partial charge in [0.1, 0.15) is 5.82 Å². The SMILES string of the molecule is CN(C)C(=O)c1cncc(Nc2nc(NC3CCCCC3N)c(F)cc2C(N)=O)c1. The van der Waals surface area contributed by atoms with Crippen molar-refractivity contribution >= 4 is 29.1 Å². The summed E-state index contributed by atoms with van der Waals surface area (Å²) in [7, 11) is 3.26. The molecule has 1 aliphatic rings. The van der Waals surface area contributed by atoms with Crippen molar-refractivity contribution in [2.75, 3.05) is 24.7 Å². The molecule has 0 spiro atoms. The van der Waals surface area contributed by atoms with E-state index in [1.165, 1.54) is 17.3 Å². The molecule has 2 heterocycles. The average molecular weight is 415 g/mol. The molecule has 1 saturated carbocycles. The van der Waals surface area contributed by atoms with E-state index in [-0.39, 0.29) is 35.2 Å². The number of carbonyl (C=O) groups excluding carboxylic acids is 2. The Morgan fingerprint density at radius 3 is 2.57 bits per heavy atom. The lowest BCUT2D eigenvalue weighted by molar-refractivity contribution is 0.0827. The van der Waals surface area contributed by atoms with E-state index >= 15 is 0 Å². The highest BCUT2D eigenvalue weighted by molar-refractivity contribution is 5.99. The van der Waals surface area contributed by atoms with Crippen LogP contribution in [0.5, 0.6) is 0 Å². The summed E-state index contributed by atoms with van der Waals surface area (Å²) in [5, 5.41) is 5.98. The van der Waals surface area contributed by atoms with Crippen molar-refractivity contribution in [1.29, 1.82) is 0 Å². The largest absolute Gasteiger partial charge is 0.365 e. The van der Waals surface area contributed by atoms with Gasteiger partial charge in [0.05, 0.1) is 23.0 Å². The second-order valence-corrected chi connectivity index (χ2v) is 7.57. The number of nitrogens with two attached hydrogens (primary N) is 2. The summed E-state index contributed by atoms with van der Waals surface area (Å²) in [4.78, 5) is 33.7. The summed E-state index contributed by atoms with van der Waals surface area (Å²) in [6.07, 6.45) is 6.58. The normalized spacial score (nSPS) is 18.5. The van der Waals surface area contributed by atoms with Gasteiger partial charge in [-0.25, -0.2) is 9.37 Å². The van der Waals surface area contributed by atoms with E-state index in [1.807, 2.05) is 0 Å². The maximum atomic E-state index is 14.6. The lowest BCUT2D eigenvalue weighted by Gasteiger charge is -2.30. The second kappa shape index (κ2) is 9.04. The molecule has 2 atom stereocenters. The van der Waals surface area contributed by atoms with Crippen LogP contribution in [0.25, 0.3) is 0 Å². The first-order valence-electron chi connectivity index (χ1n) is 9.72. The van der Waals surface area contributed by atoms with Crippen LogP contribution in [0.1, 0.15) is 46.4 Å². The van der Waals surface area contributed by atoms with E-state index in [9.17, 15) is 14.0 Å². The highest BCUT2D eigenvalue weighted by atomic mass is 19.1. The third kappa shape index (κ3) is 4.82. The Kier molecular flexibility index (Phi) is 6.46. The second-order valence-electron chi connectivity index (χ2n) is 7.57. The predicted molar refractivity (Wildman–Crippen MR) is 112 cm³/mol. The van der Waals surface area contributed by atoms with Crippen LogP contribution >= 0.6 is 0 Å². The minimum atomic E-state index is -0.835. The highest BCUT2D eigenvalue weighted by Gasteiger charge is 2.24. The summed E-state index contributed by atoms with van der Waals surface area (Å²) in [5.41, 5.74) is 12.2. The Hall–Kier alpha value is -3.27. The van der Waals surface area contributed by atoms with Gasteiger partial charge in [-0.15, -0.1) is 0 Å². The zero-order valence-corrected chi connectivity index (χ0v) is 17.0. The van der Waals surface area contributed by atoms with Crippen molar-refractivity contribution < 1.29 is 14.0 Å². The third-order valence-electron chi connectivity index (χ3n) is 5.04. The number of hydrogen-bond acceptors (Lipinski definition) is 7. The van der Waals surface area contributed by atoms with Gasteiger partial charge >= 0.3 is 0 Å². The standard InChI is InChI=1S/C20H26FN7O2/c1-28(2)20(30)11-7-12(10-24-9-11)25-18-13(17(23)29)8-14(21)19(27-18)26-16-6-4-3-5-15(16)22/h7-10,15-16H,3-6,22H2,1-2H3,(H2,23,29)(H2,25,26,27). The van der Waals surface area contributed by atoms with Crippen molar-refractivity contribution in [1.82, 2.24) is 14.9 Å². The molecule has 10 heteroatoms. The van der Waals surface area contributed by atoms with E-state index in [0.29, 0.717) is 11.3 Å². The highest BCUT2D eigenvalue weighted by Crippen LogP contribution is 2.27. The van der Waals surface area contributed by atoms with Gasteiger partial charge in [-0.2, -0.15) is 0 Å². The molecular weight excluding hydrogens is 389 g/mol. The van der Waals surface area contributed by atoms with E-state index in [0.717, 1.165) is 31.7 Å². The van der Waals surface area contributed by atoms with Gasteiger partial charge in [0.25, 0.3) is 11.8 Å². The van der Waals surface area contributed by atoms with Gasteiger partial charge in [-0.05, 0) is 25.0 Å². The number of amides is 2. The van der Waals surface area contributed by atoms with Crippen molar-refractivity contribution in [3.8, 4) is 0 Å². The molecule has 2 aromatic rings. The monoisotopic (exact) mass is 415 g/mol. The number of nitrogens with zero attached hydrogens (tertiary/aromatic N) is 3. The van der Waals surface area contributed by atoms with Gasteiger partial charge in [-0.1, -0.05) is 12.8 Å². The minimum absolute atomic E-state index is 0.0154. The summed E-state index contributed by atoms with van der Waals surface area (Å²) >= 11 is 0. The Morgan fingerprint density at radius 2 is 1.90 bits per heavy atom. The van der Waals surface area contributed by atoms with Crippen LogP contribution in [-0.2, 0) is 0 Å². The van der Waals surface area contributed by atoms with Crippen LogP contribution in [0.15, 0.2) is 24.5 Å². The molecule has 0 aromatic carbocycles. The lowest BCUT2D eigenvalue weighted by Crippen LogP contribution is -2.43. The Bertz CT molecular complexity index is 951. The molecule has 160 valence electrons. The maximum absolute atomic E-state index is 14.6. The summed E-state index contributed by atoms with van der Waals surface area (Å²) in [5.74, 6) is -1.72. The minimum Gasteiger partial charge on any atom is -0.365 e. The van der Waals surface area contributed by atoms with Crippen LogP contribution in [0.3, 0.4) is 0 Å². The molecule has 6 N–H and O–H groups in total. The van der Waals surface area contributed by atoms with Crippen molar-refractivity contribution in [3.63, 3.8) is 0 Å². The van der Waals surface area contributed by atoms with Crippen LogP contribution in [0, 0.1) is 5.82 Å². The van der Waals surface area contributed by atoms with E-state index < -0.39 is 11.7 Å². The van der Waals surface area contributed by atoms with Gasteiger partial charge in [0.15, 0.2) is 11.6 Å². The lowest BCUT2D eigenvalue weighted by atomic mass is 9.91. The smallest absolute Gasteiger partial charge is 0.254 e. The molecule has 2 unspecified atom stereocenters. The number of anilines is 3. The Morgan fingerprint density at radius 1 is 1.17 bits per heavy atom. The number of primary amides is 1. The number of rotatable bonds is 6. The molecule has 0 bridgehead atoms. The fourth-order valence-electron chi connectivity index (χ4n) is 3.41. The average Bonchev–Trinajstić information content (AvgIpc) is 2.71. The molecule has 0 aliphatic heterocycles. The first kappa shape index (κ1) is 21.4. The predicted octanol–water partition coefficient (Wildman–Crippen LogP) is 1.84. The van der Waals surface area contributed by atoms with Crippen LogP contribution in [-0.4, -0.2) is 52.9 Å². The molecule has 0 radical (unpaired) electrons. The summed E-state index contributed by atoms with van der Waals surface area (Å²) < 4.78 is 14.6. The maximum Gasteiger partial charge on any atom is 0.254 e. The van der Waals surface area contributed by atoms with E-state index in [2.05, 4.69) is 20.6 Å². The molecule has 2 amide bonds. The molecular formula is C20H26FN7O2. The number of carbonyl (C=O) groups is 2. The van der Waals surface area contributed by atoms with Gasteiger partial charge in [-0.3, -0.25) is 14.6 Å². The first-order chi connectivity index (χ1) is 14.3. The third-order valence-corrected chi connectivity index (χ3v) is 5.04. The fraction of sp³-hybridized carbons (Fsp3) is 0.400. The number of hydrogen-bond donors (Lipinski definition) is 4. The first-order valence-corrected chi connectivity index (χ1v) is 9.72. The van der Waals surface area contributed by atoms with Crippen LogP contribution in [0.2, 0.25) is 0 Å². The molecule has 2 aromatic heterocycles. The topological polar surface area (TPSA) is 139 Å². The van der Waals surface area contributed by atoms with Crippen molar-refractivity contribution in [2.24, 2.45) is 11.5 Å². The number of halogens is 1. The van der Waals surface area contributed by atoms with Crippen molar-refractivity contribution in [2.45, 2.75) is 37.8 Å². The van der Waals surface area contributed by atoms with Gasteiger partial charge in [0, 0.05) is 32.4 Å². The Labute approximate surface area is 174 Å². The van der Waals surface area contributed by atoms with Crippen LogP contribution in [0.4, 0.5) is 21.7 Å². The molecule has 1 fully saturated rings. The molecule has 1 aliphatic carbocycles. The fourth-order valence-corrected chi connectivity index (χ4v) is 3.41. The number of aromatic nitrogens is 2. The van der Waals surface area contributed by atoms with E-state index in [4.69, 9.17) is 11.5 Å². The molecule has 3 rings (SSSR count). The van der Waals surface area contributed by atoms with E-state index in [1.54, 1.807) is 20.2 Å².